The Balaban J connectivity index is 1.76. The van der Waals surface area contributed by atoms with Crippen molar-refractivity contribution in [2.75, 3.05) is 26.2 Å². The first-order valence-electron chi connectivity index (χ1n) is 10.2. The van der Waals surface area contributed by atoms with Crippen LogP contribution in [0.3, 0.4) is 0 Å². The zero-order chi connectivity index (χ0) is 21.7. The Kier molecular flexibility index (Phi) is 7.69. The van der Waals surface area contributed by atoms with Crippen LogP contribution in [0.1, 0.15) is 25.1 Å². The number of aryl methyl sites for hydroxylation is 2. The Morgan fingerprint density at radius 3 is 2.60 bits per heavy atom. The minimum atomic E-state index is -0.307. The molecule has 0 aliphatic carbocycles. The number of benzene rings is 1. The summed E-state index contributed by atoms with van der Waals surface area (Å²) < 4.78 is 7.08. The van der Waals surface area contributed by atoms with Crippen molar-refractivity contribution in [3.05, 3.63) is 52.7 Å². The summed E-state index contributed by atoms with van der Waals surface area (Å²) in [5, 5.41) is 5.05. The maximum Gasteiger partial charge on any atom is 0.327 e. The fourth-order valence-corrected chi connectivity index (χ4v) is 4.68. The number of hydrogen-bond acceptors (Lipinski definition) is 5. The smallest absolute Gasteiger partial charge is 0.327 e. The van der Waals surface area contributed by atoms with Gasteiger partial charge >= 0.3 is 5.97 Å². The molecule has 0 bridgehead atoms. The lowest BCUT2D eigenvalue weighted by Crippen LogP contribution is -2.28. The number of thiophene rings is 1. The highest BCUT2D eigenvalue weighted by Crippen LogP contribution is 2.38. The molecule has 3 rings (SSSR count). The molecule has 0 spiro atoms. The molecule has 30 heavy (non-hydrogen) atoms. The number of rotatable bonds is 9. The van der Waals surface area contributed by atoms with Gasteiger partial charge in [-0.25, -0.2) is 0 Å². The Labute approximate surface area is 187 Å². The molecule has 2 aromatic heterocycles. The molecule has 0 N–H and O–H groups in total. The lowest BCUT2D eigenvalue weighted by molar-refractivity contribution is -0.144. The van der Waals surface area contributed by atoms with E-state index >= 15 is 0 Å². The average molecular weight is 446 g/mol. The molecule has 160 valence electrons. The summed E-state index contributed by atoms with van der Waals surface area (Å²) in [6, 6.07) is 12.5. The third-order valence-corrected chi connectivity index (χ3v) is 6.63. The van der Waals surface area contributed by atoms with Gasteiger partial charge in [-0.2, -0.15) is 5.10 Å². The summed E-state index contributed by atoms with van der Waals surface area (Å²) in [6.45, 7) is 11.1. The van der Waals surface area contributed by atoms with Crippen molar-refractivity contribution in [2.45, 2.75) is 34.2 Å². The minimum absolute atomic E-state index is 0.0405. The Morgan fingerprint density at radius 1 is 1.17 bits per heavy atom. The van der Waals surface area contributed by atoms with Crippen LogP contribution < -0.4 is 0 Å². The SMILES string of the molecule is CCN(CC)CCOC(=O)Cn1nc(C)c(Cl)c1-c1ccc(-c2cccc(C)c2)s1. The topological polar surface area (TPSA) is 47.4 Å². The second-order valence-electron chi connectivity index (χ2n) is 7.19. The van der Waals surface area contributed by atoms with Gasteiger partial charge in [-0.1, -0.05) is 55.3 Å². The van der Waals surface area contributed by atoms with Gasteiger partial charge in [-0.15, -0.1) is 11.3 Å². The van der Waals surface area contributed by atoms with Crippen LogP contribution in [0.15, 0.2) is 36.4 Å². The quantitative estimate of drug-likeness (QED) is 0.412. The first-order chi connectivity index (χ1) is 14.4. The van der Waals surface area contributed by atoms with Crippen molar-refractivity contribution in [1.29, 1.82) is 0 Å². The van der Waals surface area contributed by atoms with Crippen LogP contribution >= 0.6 is 22.9 Å². The Hall–Kier alpha value is -2.15. The molecule has 0 fully saturated rings. The summed E-state index contributed by atoms with van der Waals surface area (Å²) >= 11 is 8.20. The molecule has 3 aromatic rings. The summed E-state index contributed by atoms with van der Waals surface area (Å²) in [4.78, 5) is 16.7. The molecular weight excluding hydrogens is 418 g/mol. The summed E-state index contributed by atoms with van der Waals surface area (Å²) in [7, 11) is 0. The van der Waals surface area contributed by atoms with Crippen molar-refractivity contribution in [3.8, 4) is 21.0 Å². The van der Waals surface area contributed by atoms with E-state index in [9.17, 15) is 4.79 Å². The molecule has 0 saturated heterocycles. The van der Waals surface area contributed by atoms with Crippen LogP contribution in [0.5, 0.6) is 0 Å². The number of carbonyl (C=O) groups excluding carboxylic acids is 1. The molecule has 0 saturated carbocycles. The van der Waals surface area contributed by atoms with Crippen LogP contribution in [0.2, 0.25) is 5.02 Å². The van der Waals surface area contributed by atoms with Crippen LogP contribution in [-0.2, 0) is 16.1 Å². The monoisotopic (exact) mass is 445 g/mol. The van der Waals surface area contributed by atoms with Gasteiger partial charge in [0.1, 0.15) is 13.2 Å². The molecular formula is C23H28ClN3O2S. The van der Waals surface area contributed by atoms with E-state index in [-0.39, 0.29) is 12.5 Å². The van der Waals surface area contributed by atoms with Crippen LogP contribution in [-0.4, -0.2) is 46.9 Å². The standard InChI is InChI=1S/C23H28ClN3O2S/c1-5-26(6-2)12-13-29-21(28)15-27-23(22(24)17(4)25-27)20-11-10-19(30-20)18-9-7-8-16(3)14-18/h7-11,14H,5-6,12-13,15H2,1-4H3. The van der Waals surface area contributed by atoms with Crippen LogP contribution in [0.25, 0.3) is 21.0 Å². The number of ether oxygens (including phenoxy) is 1. The fourth-order valence-electron chi connectivity index (χ4n) is 3.32. The van der Waals surface area contributed by atoms with Crippen molar-refractivity contribution in [2.24, 2.45) is 0 Å². The highest BCUT2D eigenvalue weighted by Gasteiger charge is 2.20. The lowest BCUT2D eigenvalue weighted by atomic mass is 10.1. The van der Waals surface area contributed by atoms with E-state index in [1.807, 2.05) is 13.0 Å². The second-order valence-corrected chi connectivity index (χ2v) is 8.65. The maximum absolute atomic E-state index is 12.4. The zero-order valence-corrected chi connectivity index (χ0v) is 19.5. The van der Waals surface area contributed by atoms with Gasteiger partial charge in [0.25, 0.3) is 0 Å². The second kappa shape index (κ2) is 10.2. The first kappa shape index (κ1) is 22.5. The summed E-state index contributed by atoms with van der Waals surface area (Å²) in [5.74, 6) is -0.307. The molecule has 1 aromatic carbocycles. The van der Waals surface area contributed by atoms with E-state index in [0.29, 0.717) is 17.3 Å². The number of halogens is 1. The predicted molar refractivity (Wildman–Crippen MR) is 124 cm³/mol. The van der Waals surface area contributed by atoms with Crippen molar-refractivity contribution in [3.63, 3.8) is 0 Å². The number of likely N-dealkylation sites (N-methyl/N-ethyl adjacent to an activating group) is 1. The van der Waals surface area contributed by atoms with Gasteiger partial charge in [-0.3, -0.25) is 9.48 Å². The molecule has 0 atom stereocenters. The van der Waals surface area contributed by atoms with Crippen molar-refractivity contribution in [1.82, 2.24) is 14.7 Å². The molecule has 2 heterocycles. The van der Waals surface area contributed by atoms with Gasteiger partial charge in [-0.05, 0) is 44.6 Å². The van der Waals surface area contributed by atoms with Gasteiger partial charge < -0.3 is 9.64 Å². The Bertz CT molecular complexity index is 1010. The van der Waals surface area contributed by atoms with E-state index in [0.717, 1.165) is 35.1 Å². The number of hydrogen-bond donors (Lipinski definition) is 0. The third-order valence-electron chi connectivity index (χ3n) is 5.04. The van der Waals surface area contributed by atoms with E-state index in [4.69, 9.17) is 16.3 Å². The fraction of sp³-hybridized carbons (Fsp3) is 0.391. The predicted octanol–water partition coefficient (Wildman–Crippen LogP) is 5.43. The lowest BCUT2D eigenvalue weighted by Gasteiger charge is -2.17. The summed E-state index contributed by atoms with van der Waals surface area (Å²) in [5.41, 5.74) is 3.85. The van der Waals surface area contributed by atoms with Gasteiger partial charge in [0.05, 0.1) is 21.3 Å². The molecule has 7 heteroatoms. The van der Waals surface area contributed by atoms with E-state index in [2.05, 4.69) is 61.1 Å². The van der Waals surface area contributed by atoms with Crippen molar-refractivity contribution >= 4 is 28.9 Å². The van der Waals surface area contributed by atoms with Crippen LogP contribution in [0.4, 0.5) is 0 Å². The highest BCUT2D eigenvalue weighted by atomic mass is 35.5. The molecule has 0 radical (unpaired) electrons. The maximum atomic E-state index is 12.4. The van der Waals surface area contributed by atoms with Gasteiger partial charge in [0.2, 0.25) is 0 Å². The molecule has 0 unspecified atom stereocenters. The highest BCUT2D eigenvalue weighted by molar-refractivity contribution is 7.18. The summed E-state index contributed by atoms with van der Waals surface area (Å²) in [6.07, 6.45) is 0. The molecule has 5 nitrogen and oxygen atoms in total. The number of esters is 1. The largest absolute Gasteiger partial charge is 0.463 e. The number of nitrogens with zero attached hydrogens (tertiary/aromatic N) is 3. The number of aromatic nitrogens is 2. The zero-order valence-electron chi connectivity index (χ0n) is 17.9. The normalized spacial score (nSPS) is 11.3. The van der Waals surface area contributed by atoms with E-state index < -0.39 is 0 Å². The molecule has 0 amide bonds. The third kappa shape index (κ3) is 5.31. The van der Waals surface area contributed by atoms with Crippen molar-refractivity contribution < 1.29 is 9.53 Å². The van der Waals surface area contributed by atoms with E-state index in [1.165, 1.54) is 11.1 Å². The number of carbonyl (C=O) groups is 1. The average Bonchev–Trinajstić information content (AvgIpc) is 3.30. The Morgan fingerprint density at radius 2 is 1.90 bits per heavy atom. The molecule has 0 aliphatic heterocycles. The van der Waals surface area contributed by atoms with E-state index in [1.54, 1.807) is 16.0 Å². The van der Waals surface area contributed by atoms with Crippen LogP contribution in [0, 0.1) is 13.8 Å². The van der Waals surface area contributed by atoms with Gasteiger partial charge in [0, 0.05) is 11.4 Å². The van der Waals surface area contributed by atoms with Gasteiger partial charge in [0.15, 0.2) is 0 Å². The molecule has 0 aliphatic rings. The first-order valence-corrected chi connectivity index (χ1v) is 11.4. The minimum Gasteiger partial charge on any atom is -0.463 e.